The van der Waals surface area contributed by atoms with E-state index in [2.05, 4.69) is 34.9 Å². The highest BCUT2D eigenvalue weighted by atomic mass is 16.5. The number of aryl methyl sites for hydroxylation is 1. The van der Waals surface area contributed by atoms with Gasteiger partial charge in [0.15, 0.2) is 0 Å². The van der Waals surface area contributed by atoms with Crippen LogP contribution in [0.3, 0.4) is 0 Å². The molecule has 4 nitrogen and oxygen atoms in total. The average molecular weight is 237 g/mol. The molecule has 0 aliphatic carbocycles. The predicted octanol–water partition coefficient (Wildman–Crippen LogP) is 1.60. The fourth-order valence-electron chi connectivity index (χ4n) is 2.40. The van der Waals surface area contributed by atoms with Gasteiger partial charge in [-0.3, -0.25) is 0 Å². The SMILES string of the molecule is CCc1nccn1CCNC(C)C1CCCO1. The summed E-state index contributed by atoms with van der Waals surface area (Å²) in [7, 11) is 0. The van der Waals surface area contributed by atoms with Crippen molar-refractivity contribution in [1.82, 2.24) is 14.9 Å². The van der Waals surface area contributed by atoms with Crippen molar-refractivity contribution < 1.29 is 4.74 Å². The summed E-state index contributed by atoms with van der Waals surface area (Å²) >= 11 is 0. The standard InChI is InChI=1S/C13H23N3O/c1-3-13-15-7-9-16(13)8-6-14-11(2)12-5-4-10-17-12/h7,9,11-12,14H,3-6,8,10H2,1-2H3. The number of imidazole rings is 1. The van der Waals surface area contributed by atoms with Crippen molar-refractivity contribution in [3.05, 3.63) is 18.2 Å². The van der Waals surface area contributed by atoms with Crippen molar-refractivity contribution in [3.63, 3.8) is 0 Å². The van der Waals surface area contributed by atoms with Gasteiger partial charge in [0, 0.05) is 44.6 Å². The number of aromatic nitrogens is 2. The molecule has 96 valence electrons. The van der Waals surface area contributed by atoms with Crippen LogP contribution >= 0.6 is 0 Å². The van der Waals surface area contributed by atoms with Gasteiger partial charge in [-0.15, -0.1) is 0 Å². The molecule has 2 atom stereocenters. The minimum atomic E-state index is 0.406. The summed E-state index contributed by atoms with van der Waals surface area (Å²) in [4.78, 5) is 4.32. The number of nitrogens with one attached hydrogen (secondary N) is 1. The van der Waals surface area contributed by atoms with Crippen molar-refractivity contribution in [2.75, 3.05) is 13.2 Å². The van der Waals surface area contributed by atoms with E-state index in [1.54, 1.807) is 0 Å². The molecule has 1 aliphatic rings. The van der Waals surface area contributed by atoms with Crippen LogP contribution in [-0.2, 0) is 17.7 Å². The number of rotatable bonds is 6. The highest BCUT2D eigenvalue weighted by Gasteiger charge is 2.21. The maximum Gasteiger partial charge on any atom is 0.108 e. The van der Waals surface area contributed by atoms with Crippen molar-refractivity contribution in [1.29, 1.82) is 0 Å². The molecule has 2 heterocycles. The van der Waals surface area contributed by atoms with Crippen LogP contribution in [0, 0.1) is 0 Å². The lowest BCUT2D eigenvalue weighted by molar-refractivity contribution is 0.0835. The molecular formula is C13H23N3O. The molecule has 1 aromatic heterocycles. The van der Waals surface area contributed by atoms with Crippen molar-refractivity contribution >= 4 is 0 Å². The first-order chi connectivity index (χ1) is 8.31. The smallest absolute Gasteiger partial charge is 0.108 e. The summed E-state index contributed by atoms with van der Waals surface area (Å²) in [6.07, 6.45) is 7.73. The maximum absolute atomic E-state index is 5.67. The monoisotopic (exact) mass is 237 g/mol. The molecule has 17 heavy (non-hydrogen) atoms. The fourth-order valence-corrected chi connectivity index (χ4v) is 2.40. The Bertz CT molecular complexity index is 331. The fraction of sp³-hybridized carbons (Fsp3) is 0.769. The lowest BCUT2D eigenvalue weighted by Crippen LogP contribution is -2.38. The molecule has 2 unspecified atom stereocenters. The van der Waals surface area contributed by atoms with Crippen LogP contribution in [-0.4, -0.2) is 34.8 Å². The summed E-state index contributed by atoms with van der Waals surface area (Å²) in [5.74, 6) is 1.16. The molecular weight excluding hydrogens is 214 g/mol. The zero-order valence-electron chi connectivity index (χ0n) is 10.9. The number of hydrogen-bond donors (Lipinski definition) is 1. The lowest BCUT2D eigenvalue weighted by atomic mass is 10.1. The number of nitrogens with zero attached hydrogens (tertiary/aromatic N) is 2. The van der Waals surface area contributed by atoms with Crippen molar-refractivity contribution in [2.24, 2.45) is 0 Å². The molecule has 2 rings (SSSR count). The van der Waals surface area contributed by atoms with Gasteiger partial charge in [0.2, 0.25) is 0 Å². The van der Waals surface area contributed by atoms with E-state index in [-0.39, 0.29) is 0 Å². The topological polar surface area (TPSA) is 39.1 Å². The van der Waals surface area contributed by atoms with E-state index >= 15 is 0 Å². The molecule has 0 aromatic carbocycles. The zero-order valence-corrected chi connectivity index (χ0v) is 10.9. The summed E-state index contributed by atoms with van der Waals surface area (Å²) < 4.78 is 7.88. The van der Waals surface area contributed by atoms with Gasteiger partial charge in [-0.1, -0.05) is 6.92 Å². The minimum Gasteiger partial charge on any atom is -0.377 e. The molecule has 0 bridgehead atoms. The van der Waals surface area contributed by atoms with Gasteiger partial charge in [-0.05, 0) is 19.8 Å². The molecule has 1 fully saturated rings. The normalized spacial score (nSPS) is 21.9. The third-order valence-corrected chi connectivity index (χ3v) is 3.46. The molecule has 1 aromatic rings. The first kappa shape index (κ1) is 12.6. The number of hydrogen-bond acceptors (Lipinski definition) is 3. The molecule has 0 radical (unpaired) electrons. The van der Waals surface area contributed by atoms with Crippen LogP contribution in [0.2, 0.25) is 0 Å². The van der Waals surface area contributed by atoms with Crippen LogP contribution in [0.15, 0.2) is 12.4 Å². The molecule has 0 spiro atoms. The Balaban J connectivity index is 1.71. The second-order valence-electron chi connectivity index (χ2n) is 4.68. The van der Waals surface area contributed by atoms with Crippen LogP contribution < -0.4 is 5.32 Å². The largest absolute Gasteiger partial charge is 0.377 e. The Kier molecular flexibility index (Phi) is 4.57. The minimum absolute atomic E-state index is 0.406. The zero-order chi connectivity index (χ0) is 12.1. The Morgan fingerprint density at radius 3 is 3.24 bits per heavy atom. The van der Waals surface area contributed by atoms with E-state index in [0.717, 1.165) is 31.9 Å². The van der Waals surface area contributed by atoms with E-state index in [0.29, 0.717) is 12.1 Å². The van der Waals surface area contributed by atoms with Crippen LogP contribution in [0.5, 0.6) is 0 Å². The third kappa shape index (κ3) is 3.30. The molecule has 4 heteroatoms. The van der Waals surface area contributed by atoms with E-state index < -0.39 is 0 Å². The van der Waals surface area contributed by atoms with E-state index in [1.165, 1.54) is 12.8 Å². The highest BCUT2D eigenvalue weighted by molar-refractivity contribution is 4.91. The second-order valence-corrected chi connectivity index (χ2v) is 4.68. The quantitative estimate of drug-likeness (QED) is 0.817. The molecule has 1 aliphatic heterocycles. The summed E-state index contributed by atoms with van der Waals surface area (Å²) in [5, 5.41) is 3.54. The molecule has 1 N–H and O–H groups in total. The van der Waals surface area contributed by atoms with Crippen LogP contribution in [0.4, 0.5) is 0 Å². The molecule has 0 amide bonds. The summed E-state index contributed by atoms with van der Waals surface area (Å²) in [6.45, 7) is 7.24. The van der Waals surface area contributed by atoms with Gasteiger partial charge >= 0.3 is 0 Å². The average Bonchev–Trinajstić information content (AvgIpc) is 2.99. The van der Waals surface area contributed by atoms with Gasteiger partial charge in [0.05, 0.1) is 6.10 Å². The van der Waals surface area contributed by atoms with Gasteiger partial charge in [0.1, 0.15) is 5.82 Å². The second kappa shape index (κ2) is 6.17. The van der Waals surface area contributed by atoms with Gasteiger partial charge < -0.3 is 14.6 Å². The Labute approximate surface area is 103 Å². The molecule has 1 saturated heterocycles. The number of ether oxygens (including phenoxy) is 1. The highest BCUT2D eigenvalue weighted by Crippen LogP contribution is 2.15. The van der Waals surface area contributed by atoms with E-state index in [1.807, 2.05) is 6.20 Å². The molecule has 0 saturated carbocycles. The summed E-state index contributed by atoms with van der Waals surface area (Å²) in [6, 6.07) is 0.450. The first-order valence-electron chi connectivity index (χ1n) is 6.66. The van der Waals surface area contributed by atoms with E-state index in [9.17, 15) is 0 Å². The van der Waals surface area contributed by atoms with Crippen molar-refractivity contribution in [3.8, 4) is 0 Å². The predicted molar refractivity (Wildman–Crippen MR) is 68.0 cm³/mol. The van der Waals surface area contributed by atoms with Crippen molar-refractivity contribution in [2.45, 2.75) is 51.8 Å². The van der Waals surface area contributed by atoms with Gasteiger partial charge in [-0.25, -0.2) is 4.98 Å². The maximum atomic E-state index is 5.67. The Morgan fingerprint density at radius 2 is 2.53 bits per heavy atom. The third-order valence-electron chi connectivity index (χ3n) is 3.46. The Hall–Kier alpha value is -0.870. The van der Waals surface area contributed by atoms with Gasteiger partial charge in [-0.2, -0.15) is 0 Å². The summed E-state index contributed by atoms with van der Waals surface area (Å²) in [5.41, 5.74) is 0. The first-order valence-corrected chi connectivity index (χ1v) is 6.66. The van der Waals surface area contributed by atoms with Gasteiger partial charge in [0.25, 0.3) is 0 Å². The lowest BCUT2D eigenvalue weighted by Gasteiger charge is -2.20. The van der Waals surface area contributed by atoms with E-state index in [4.69, 9.17) is 4.74 Å². The van der Waals surface area contributed by atoms with Crippen LogP contribution in [0.25, 0.3) is 0 Å². The Morgan fingerprint density at radius 1 is 1.65 bits per heavy atom. The van der Waals surface area contributed by atoms with Crippen LogP contribution in [0.1, 0.15) is 32.5 Å².